The summed E-state index contributed by atoms with van der Waals surface area (Å²) in [6.45, 7) is 3.89. The minimum absolute atomic E-state index is 0.0825. The smallest absolute Gasteiger partial charge is 0.262 e. The number of carbonyl (C=O) groups excluding carboxylic acids is 1. The number of halogens is 2. The Balaban J connectivity index is 2.27. The first-order chi connectivity index (χ1) is 11.8. The van der Waals surface area contributed by atoms with Crippen LogP contribution < -0.4 is 11.3 Å². The molecule has 5 nitrogen and oxygen atoms in total. The van der Waals surface area contributed by atoms with Crippen molar-refractivity contribution in [2.45, 2.75) is 26.8 Å². The number of nitrogens with two attached hydrogens (primary N) is 1. The summed E-state index contributed by atoms with van der Waals surface area (Å²) in [4.78, 5) is 30.3. The quantitative estimate of drug-likeness (QED) is 0.726. The molecule has 0 aliphatic carbocycles. The van der Waals surface area contributed by atoms with Gasteiger partial charge in [0.05, 0.1) is 15.4 Å². The molecule has 2 N–H and O–H groups in total. The van der Waals surface area contributed by atoms with E-state index < -0.39 is 5.91 Å². The zero-order chi connectivity index (χ0) is 18.3. The normalized spacial score (nSPS) is 11.2. The van der Waals surface area contributed by atoms with Gasteiger partial charge in [-0.3, -0.25) is 14.2 Å². The van der Waals surface area contributed by atoms with Gasteiger partial charge in [-0.1, -0.05) is 29.3 Å². The molecule has 0 fully saturated rings. The third-order valence-corrected chi connectivity index (χ3v) is 5.71. The molecule has 25 heavy (non-hydrogen) atoms. The van der Waals surface area contributed by atoms with Crippen LogP contribution in [0.3, 0.4) is 0 Å². The molecule has 2 heterocycles. The lowest BCUT2D eigenvalue weighted by Crippen LogP contribution is -2.26. The Morgan fingerprint density at radius 1 is 1.28 bits per heavy atom. The van der Waals surface area contributed by atoms with Crippen LogP contribution in [0.15, 0.2) is 23.0 Å². The largest absolute Gasteiger partial charge is 0.370 e. The highest BCUT2D eigenvalue weighted by atomic mass is 35.5. The van der Waals surface area contributed by atoms with Crippen molar-refractivity contribution in [1.29, 1.82) is 0 Å². The maximum Gasteiger partial charge on any atom is 0.262 e. The zero-order valence-electron chi connectivity index (χ0n) is 13.6. The van der Waals surface area contributed by atoms with Crippen LogP contribution in [0.5, 0.6) is 0 Å². The number of rotatable bonds is 4. The van der Waals surface area contributed by atoms with Crippen LogP contribution in [0.2, 0.25) is 10.0 Å². The molecule has 1 amide bonds. The number of carbonyl (C=O) groups is 1. The van der Waals surface area contributed by atoms with Crippen molar-refractivity contribution in [2.24, 2.45) is 5.73 Å². The number of aromatic nitrogens is 2. The van der Waals surface area contributed by atoms with Crippen LogP contribution in [0.1, 0.15) is 17.1 Å². The summed E-state index contributed by atoms with van der Waals surface area (Å²) in [7, 11) is 0. The number of thiophene rings is 1. The van der Waals surface area contributed by atoms with Gasteiger partial charge in [-0.25, -0.2) is 4.98 Å². The monoisotopic (exact) mass is 395 g/mol. The van der Waals surface area contributed by atoms with Gasteiger partial charge >= 0.3 is 0 Å². The molecule has 0 radical (unpaired) electrons. The molecule has 0 spiro atoms. The van der Waals surface area contributed by atoms with Gasteiger partial charge in [0.1, 0.15) is 10.7 Å². The number of primary amides is 1. The van der Waals surface area contributed by atoms with Crippen molar-refractivity contribution in [3.8, 4) is 11.1 Å². The molecule has 0 bridgehead atoms. The molecule has 0 saturated heterocycles. The van der Waals surface area contributed by atoms with E-state index in [1.165, 1.54) is 15.9 Å². The molecule has 0 aliphatic rings. The fourth-order valence-corrected chi connectivity index (χ4v) is 4.16. The molecule has 0 atom stereocenters. The van der Waals surface area contributed by atoms with Gasteiger partial charge in [0.25, 0.3) is 5.56 Å². The highest BCUT2D eigenvalue weighted by molar-refractivity contribution is 7.19. The number of hydrogen-bond donors (Lipinski definition) is 1. The topological polar surface area (TPSA) is 78.0 Å². The van der Waals surface area contributed by atoms with E-state index in [2.05, 4.69) is 4.98 Å². The van der Waals surface area contributed by atoms with Gasteiger partial charge in [-0.15, -0.1) is 11.3 Å². The summed E-state index contributed by atoms with van der Waals surface area (Å²) in [6, 6.07) is 5.27. The van der Waals surface area contributed by atoms with Crippen molar-refractivity contribution < 1.29 is 4.79 Å². The Morgan fingerprint density at radius 2 is 2.00 bits per heavy atom. The molecular weight excluding hydrogens is 381 g/mol. The summed E-state index contributed by atoms with van der Waals surface area (Å²) in [5, 5.41) is 1.40. The van der Waals surface area contributed by atoms with Crippen LogP contribution in [-0.2, 0) is 11.3 Å². The third kappa shape index (κ3) is 3.29. The van der Waals surface area contributed by atoms with Gasteiger partial charge in [-0.2, -0.15) is 0 Å². The first kappa shape index (κ1) is 17.9. The van der Waals surface area contributed by atoms with E-state index in [4.69, 9.17) is 28.9 Å². The number of benzene rings is 1. The number of nitrogens with zero attached hydrogens (tertiary/aromatic N) is 2. The zero-order valence-corrected chi connectivity index (χ0v) is 15.9. The van der Waals surface area contributed by atoms with Crippen LogP contribution in [0.4, 0.5) is 0 Å². The molecule has 2 aromatic heterocycles. The summed E-state index contributed by atoms with van der Waals surface area (Å²) >= 11 is 13.6. The van der Waals surface area contributed by atoms with E-state index in [1.807, 2.05) is 13.0 Å². The highest BCUT2D eigenvalue weighted by Gasteiger charge is 2.19. The number of amides is 1. The summed E-state index contributed by atoms with van der Waals surface area (Å²) in [5.41, 5.74) is 6.63. The molecule has 1 aromatic carbocycles. The second-order valence-electron chi connectivity index (χ2n) is 5.67. The Bertz CT molecular complexity index is 1060. The van der Waals surface area contributed by atoms with Crippen LogP contribution >= 0.6 is 34.5 Å². The Morgan fingerprint density at radius 3 is 2.64 bits per heavy atom. The lowest BCUT2D eigenvalue weighted by molar-refractivity contribution is -0.118. The molecule has 0 aliphatic heterocycles. The second-order valence-corrected chi connectivity index (χ2v) is 7.69. The van der Waals surface area contributed by atoms with Gasteiger partial charge in [0.15, 0.2) is 0 Å². The van der Waals surface area contributed by atoms with Crippen LogP contribution in [0, 0.1) is 13.8 Å². The molecule has 8 heteroatoms. The van der Waals surface area contributed by atoms with E-state index in [1.54, 1.807) is 19.1 Å². The maximum absolute atomic E-state index is 13.0. The Hall–Kier alpha value is -1.89. The first-order valence-electron chi connectivity index (χ1n) is 7.54. The number of aryl methyl sites for hydroxylation is 2. The van der Waals surface area contributed by atoms with Crippen molar-refractivity contribution in [3.63, 3.8) is 0 Å². The van der Waals surface area contributed by atoms with Crippen LogP contribution in [-0.4, -0.2) is 15.5 Å². The van der Waals surface area contributed by atoms with Crippen molar-refractivity contribution in [3.05, 3.63) is 49.3 Å². The molecule has 130 valence electrons. The van der Waals surface area contributed by atoms with E-state index >= 15 is 0 Å². The molecule has 0 saturated carbocycles. The first-order valence-corrected chi connectivity index (χ1v) is 9.11. The number of fused-ring (bicyclic) bond motifs is 1. The predicted molar refractivity (Wildman–Crippen MR) is 103 cm³/mol. The van der Waals surface area contributed by atoms with E-state index in [0.29, 0.717) is 26.1 Å². The van der Waals surface area contributed by atoms with Crippen molar-refractivity contribution in [2.75, 3.05) is 0 Å². The standard InChI is InChI=1S/C17H15Cl2N3O2S/c1-8-14(10-3-4-11(18)12(19)7-10)15-16(25-8)21-9(2)22(17(15)24)6-5-13(20)23/h3-4,7H,5-6H2,1-2H3,(H2,20,23). The predicted octanol–water partition coefficient (Wildman–Crippen LogP) is 3.92. The lowest BCUT2D eigenvalue weighted by Gasteiger charge is -2.09. The average molecular weight is 396 g/mol. The number of hydrogen-bond acceptors (Lipinski definition) is 4. The lowest BCUT2D eigenvalue weighted by atomic mass is 10.0. The second kappa shape index (κ2) is 6.78. The Kier molecular flexibility index (Phi) is 4.86. The van der Waals surface area contributed by atoms with E-state index in [0.717, 1.165) is 16.0 Å². The maximum atomic E-state index is 13.0. The summed E-state index contributed by atoms with van der Waals surface area (Å²) in [5.74, 6) is 0.0956. The fourth-order valence-electron chi connectivity index (χ4n) is 2.78. The van der Waals surface area contributed by atoms with Crippen molar-refractivity contribution in [1.82, 2.24) is 9.55 Å². The fraction of sp³-hybridized carbons (Fsp3) is 0.235. The highest BCUT2D eigenvalue weighted by Crippen LogP contribution is 2.38. The summed E-state index contributed by atoms with van der Waals surface area (Å²) < 4.78 is 1.49. The minimum Gasteiger partial charge on any atom is -0.370 e. The van der Waals surface area contributed by atoms with Gasteiger partial charge in [-0.05, 0) is 31.5 Å². The van der Waals surface area contributed by atoms with E-state index in [-0.39, 0.29) is 18.5 Å². The average Bonchev–Trinajstić information content (AvgIpc) is 2.85. The third-order valence-electron chi connectivity index (χ3n) is 3.97. The molecule has 0 unspecified atom stereocenters. The molecule has 3 rings (SSSR count). The molecule has 3 aromatic rings. The summed E-state index contributed by atoms with van der Waals surface area (Å²) in [6.07, 6.45) is 0.0825. The molecular formula is C17H15Cl2N3O2S. The van der Waals surface area contributed by atoms with E-state index in [9.17, 15) is 9.59 Å². The van der Waals surface area contributed by atoms with Crippen molar-refractivity contribution >= 4 is 50.7 Å². The van der Waals surface area contributed by atoms with Gasteiger partial charge in [0, 0.05) is 23.4 Å². The SMILES string of the molecule is Cc1sc2nc(C)n(CCC(N)=O)c(=O)c2c1-c1ccc(Cl)c(Cl)c1. The van der Waals surface area contributed by atoms with Crippen LogP contribution in [0.25, 0.3) is 21.3 Å². The minimum atomic E-state index is -0.461. The Labute approximate surface area is 158 Å². The van der Waals surface area contributed by atoms with Gasteiger partial charge in [0.2, 0.25) is 5.91 Å². The van der Waals surface area contributed by atoms with Gasteiger partial charge < -0.3 is 5.73 Å².